The van der Waals surface area contributed by atoms with Crippen molar-refractivity contribution in [1.82, 2.24) is 0 Å². The second-order valence-corrected chi connectivity index (χ2v) is 6.14. The topological polar surface area (TPSA) is 9.23 Å². The van der Waals surface area contributed by atoms with Gasteiger partial charge in [-0.15, -0.1) is 23.4 Å². The van der Waals surface area contributed by atoms with E-state index in [0.717, 1.165) is 37.7 Å². The van der Waals surface area contributed by atoms with Crippen molar-refractivity contribution in [3.63, 3.8) is 0 Å². The number of alkyl halides is 1. The molecule has 0 N–H and O–H groups in total. The minimum absolute atomic E-state index is 0.224. The second kappa shape index (κ2) is 6.67. The fourth-order valence-electron chi connectivity index (χ4n) is 2.18. The summed E-state index contributed by atoms with van der Waals surface area (Å²) in [6.45, 7) is 1.75. The average Bonchev–Trinajstić information content (AvgIpc) is 2.41. The molecule has 1 nitrogen and oxygen atoms in total. The van der Waals surface area contributed by atoms with E-state index in [9.17, 15) is 0 Å². The molecule has 0 bridgehead atoms. The molecular weight excluding hydrogens is 252 g/mol. The largest absolute Gasteiger partial charge is 0.381 e. The Bertz CT molecular complexity index is 322. The van der Waals surface area contributed by atoms with Crippen LogP contribution < -0.4 is 0 Å². The summed E-state index contributed by atoms with van der Waals surface area (Å²) in [6.07, 6.45) is 3.52. The van der Waals surface area contributed by atoms with Gasteiger partial charge in [0.15, 0.2) is 0 Å². The number of halogens is 1. The van der Waals surface area contributed by atoms with E-state index in [0.29, 0.717) is 0 Å². The Labute approximate surface area is 113 Å². The Morgan fingerprint density at radius 3 is 2.76 bits per heavy atom. The predicted octanol–water partition coefficient (Wildman–Crippen LogP) is 4.20. The summed E-state index contributed by atoms with van der Waals surface area (Å²) >= 11 is 8.04. The van der Waals surface area contributed by atoms with Crippen molar-refractivity contribution in [1.29, 1.82) is 0 Å². The molecule has 1 aliphatic heterocycles. The number of rotatable bonds is 5. The second-order valence-electron chi connectivity index (χ2n) is 4.70. The maximum absolute atomic E-state index is 6.13. The van der Waals surface area contributed by atoms with Crippen LogP contribution in [0.1, 0.15) is 19.3 Å². The molecule has 0 spiro atoms. The van der Waals surface area contributed by atoms with Crippen LogP contribution >= 0.6 is 23.4 Å². The van der Waals surface area contributed by atoms with Crippen LogP contribution in [0.5, 0.6) is 0 Å². The SMILES string of the molecule is ClCC1(CCSc2ccccc2)CCCOC1. The zero-order valence-corrected chi connectivity index (χ0v) is 11.6. The van der Waals surface area contributed by atoms with E-state index >= 15 is 0 Å². The standard InChI is InChI=1S/C14H19ClOS/c15-11-14(7-4-9-16-12-14)8-10-17-13-5-2-1-3-6-13/h1-3,5-6H,4,7-12H2. The highest BCUT2D eigenvalue weighted by molar-refractivity contribution is 7.99. The molecule has 17 heavy (non-hydrogen) atoms. The van der Waals surface area contributed by atoms with Crippen molar-refractivity contribution in [3.05, 3.63) is 30.3 Å². The van der Waals surface area contributed by atoms with Crippen LogP contribution in [0.15, 0.2) is 35.2 Å². The monoisotopic (exact) mass is 270 g/mol. The number of thioether (sulfide) groups is 1. The molecule has 1 aromatic rings. The molecule has 1 aliphatic rings. The Morgan fingerprint density at radius 2 is 2.12 bits per heavy atom. The minimum atomic E-state index is 0.224. The summed E-state index contributed by atoms with van der Waals surface area (Å²) in [5, 5.41) is 0. The van der Waals surface area contributed by atoms with Gasteiger partial charge in [-0.25, -0.2) is 0 Å². The van der Waals surface area contributed by atoms with E-state index in [1.54, 1.807) is 0 Å². The molecule has 1 fully saturated rings. The molecule has 2 rings (SSSR count). The Morgan fingerprint density at radius 1 is 1.29 bits per heavy atom. The fraction of sp³-hybridized carbons (Fsp3) is 0.571. The van der Waals surface area contributed by atoms with Crippen LogP contribution in [0.25, 0.3) is 0 Å². The molecule has 0 amide bonds. The van der Waals surface area contributed by atoms with Crippen molar-refractivity contribution < 1.29 is 4.74 Å². The highest BCUT2D eigenvalue weighted by Gasteiger charge is 2.31. The smallest absolute Gasteiger partial charge is 0.0534 e. The number of hydrogen-bond donors (Lipinski definition) is 0. The normalized spacial score (nSPS) is 24.8. The van der Waals surface area contributed by atoms with E-state index in [1.165, 1.54) is 11.3 Å². The van der Waals surface area contributed by atoms with Gasteiger partial charge in [0.25, 0.3) is 0 Å². The summed E-state index contributed by atoms with van der Waals surface area (Å²) in [4.78, 5) is 1.34. The van der Waals surface area contributed by atoms with Crippen molar-refractivity contribution in [2.75, 3.05) is 24.8 Å². The summed E-state index contributed by atoms with van der Waals surface area (Å²) in [7, 11) is 0. The highest BCUT2D eigenvalue weighted by atomic mass is 35.5. The van der Waals surface area contributed by atoms with Crippen molar-refractivity contribution in [2.45, 2.75) is 24.2 Å². The molecule has 0 aromatic heterocycles. The molecule has 94 valence electrons. The first-order valence-corrected chi connectivity index (χ1v) is 7.68. The first-order valence-electron chi connectivity index (χ1n) is 6.16. The van der Waals surface area contributed by atoms with Gasteiger partial charge in [0.2, 0.25) is 0 Å². The van der Waals surface area contributed by atoms with Gasteiger partial charge in [-0.05, 0) is 37.1 Å². The molecule has 1 saturated heterocycles. The van der Waals surface area contributed by atoms with Gasteiger partial charge in [-0.2, -0.15) is 0 Å². The first kappa shape index (κ1) is 13.3. The Kier molecular flexibility index (Phi) is 5.20. The average molecular weight is 271 g/mol. The van der Waals surface area contributed by atoms with E-state index < -0.39 is 0 Å². The predicted molar refractivity (Wildman–Crippen MR) is 75.0 cm³/mol. The first-order chi connectivity index (χ1) is 8.35. The zero-order chi connectivity index (χ0) is 12.0. The third-order valence-electron chi connectivity index (χ3n) is 3.33. The van der Waals surface area contributed by atoms with Crippen LogP contribution in [0, 0.1) is 5.41 Å². The lowest BCUT2D eigenvalue weighted by Crippen LogP contribution is -2.34. The van der Waals surface area contributed by atoms with Crippen molar-refractivity contribution in [3.8, 4) is 0 Å². The van der Waals surface area contributed by atoms with E-state index in [-0.39, 0.29) is 5.41 Å². The molecule has 0 aliphatic carbocycles. The molecular formula is C14H19ClOS. The lowest BCUT2D eigenvalue weighted by molar-refractivity contribution is 0.00326. The Hall–Kier alpha value is -0.180. The lowest BCUT2D eigenvalue weighted by Gasteiger charge is -2.35. The number of ether oxygens (including phenoxy) is 1. The molecule has 1 aromatic carbocycles. The highest BCUT2D eigenvalue weighted by Crippen LogP contribution is 2.35. The van der Waals surface area contributed by atoms with Crippen LogP contribution in [0.2, 0.25) is 0 Å². The summed E-state index contributed by atoms with van der Waals surface area (Å²) < 4.78 is 5.59. The molecule has 0 radical (unpaired) electrons. The molecule has 1 atom stereocenters. The summed E-state index contributed by atoms with van der Waals surface area (Å²) in [5.74, 6) is 1.85. The molecule has 1 heterocycles. The molecule has 3 heteroatoms. The van der Waals surface area contributed by atoms with Crippen molar-refractivity contribution >= 4 is 23.4 Å². The van der Waals surface area contributed by atoms with Gasteiger partial charge in [0.05, 0.1) is 6.61 Å². The van der Waals surface area contributed by atoms with Crippen molar-refractivity contribution in [2.24, 2.45) is 5.41 Å². The Balaban J connectivity index is 1.80. The van der Waals surface area contributed by atoms with E-state index in [2.05, 4.69) is 30.3 Å². The number of benzene rings is 1. The van der Waals surface area contributed by atoms with Gasteiger partial charge in [0, 0.05) is 22.8 Å². The van der Waals surface area contributed by atoms with Crippen LogP contribution in [-0.2, 0) is 4.74 Å². The molecule has 0 saturated carbocycles. The van der Waals surface area contributed by atoms with Gasteiger partial charge in [0.1, 0.15) is 0 Å². The maximum atomic E-state index is 6.13. The molecule has 1 unspecified atom stereocenters. The van der Waals surface area contributed by atoms with E-state index in [1.807, 2.05) is 11.8 Å². The van der Waals surface area contributed by atoms with Crippen LogP contribution in [0.3, 0.4) is 0 Å². The quantitative estimate of drug-likeness (QED) is 0.586. The zero-order valence-electron chi connectivity index (χ0n) is 10.0. The minimum Gasteiger partial charge on any atom is -0.381 e. The number of hydrogen-bond acceptors (Lipinski definition) is 2. The lowest BCUT2D eigenvalue weighted by atomic mass is 9.82. The fourth-order valence-corrected chi connectivity index (χ4v) is 3.65. The van der Waals surface area contributed by atoms with Crippen LogP contribution in [0.4, 0.5) is 0 Å². The third-order valence-corrected chi connectivity index (χ3v) is 4.91. The third kappa shape index (κ3) is 3.90. The maximum Gasteiger partial charge on any atom is 0.0534 e. The summed E-state index contributed by atoms with van der Waals surface area (Å²) in [5.41, 5.74) is 0.224. The van der Waals surface area contributed by atoms with Gasteiger partial charge >= 0.3 is 0 Å². The van der Waals surface area contributed by atoms with Gasteiger partial charge in [-0.1, -0.05) is 18.2 Å². The van der Waals surface area contributed by atoms with Gasteiger partial charge in [-0.3, -0.25) is 0 Å². The van der Waals surface area contributed by atoms with E-state index in [4.69, 9.17) is 16.3 Å². The summed E-state index contributed by atoms with van der Waals surface area (Å²) in [6, 6.07) is 10.6. The van der Waals surface area contributed by atoms with Crippen LogP contribution in [-0.4, -0.2) is 24.8 Å². The van der Waals surface area contributed by atoms with Gasteiger partial charge < -0.3 is 4.74 Å².